The molecule has 0 heterocycles. The second kappa shape index (κ2) is 6.43. The summed E-state index contributed by atoms with van der Waals surface area (Å²) in [5.41, 5.74) is -3.04. The molecule has 0 radical (unpaired) electrons. The first-order valence-electron chi connectivity index (χ1n) is 6.72. The summed E-state index contributed by atoms with van der Waals surface area (Å²) in [7, 11) is 2.36. The first-order valence-corrected chi connectivity index (χ1v) is 6.72. The summed E-state index contributed by atoms with van der Waals surface area (Å²) in [6, 6.07) is 0. The Balaban J connectivity index is 3.11. The summed E-state index contributed by atoms with van der Waals surface area (Å²) in [6.45, 7) is 2.75. The number of rotatable bonds is 4. The van der Waals surface area contributed by atoms with Crippen LogP contribution in [-0.2, 0) is 28.6 Å². The van der Waals surface area contributed by atoms with Crippen molar-refractivity contribution in [2.24, 2.45) is 11.3 Å². The molecule has 0 aromatic carbocycles. The minimum Gasteiger partial charge on any atom is -0.468 e. The fraction of sp³-hybridized carbons (Fsp3) is 0.786. The molecule has 1 N–H and O–H groups in total. The molecule has 7 nitrogen and oxygen atoms in total. The van der Waals surface area contributed by atoms with Crippen LogP contribution < -0.4 is 0 Å². The van der Waals surface area contributed by atoms with Crippen LogP contribution in [0.2, 0.25) is 0 Å². The van der Waals surface area contributed by atoms with E-state index in [4.69, 9.17) is 14.2 Å². The fourth-order valence-electron chi connectivity index (χ4n) is 3.15. The molecule has 2 unspecified atom stereocenters. The Bertz CT molecular complexity index is 415. The normalized spacial score (nSPS) is 27.6. The molecule has 1 rings (SSSR count). The highest BCUT2D eigenvalue weighted by Crippen LogP contribution is 2.46. The molecule has 2 atom stereocenters. The zero-order chi connectivity index (χ0) is 16.3. The molecule has 0 aromatic heterocycles. The molecule has 0 aromatic rings. The third-order valence-electron chi connectivity index (χ3n) is 3.75. The second-order valence-electron chi connectivity index (χ2n) is 5.76. The summed E-state index contributed by atoms with van der Waals surface area (Å²) in [5.74, 6) is -2.18. The van der Waals surface area contributed by atoms with Crippen molar-refractivity contribution in [2.45, 2.75) is 38.7 Å². The van der Waals surface area contributed by atoms with Gasteiger partial charge in [0.2, 0.25) is 0 Å². The van der Waals surface area contributed by atoms with Crippen molar-refractivity contribution in [2.75, 3.05) is 20.8 Å². The van der Waals surface area contributed by atoms with E-state index >= 15 is 0 Å². The summed E-state index contributed by atoms with van der Waals surface area (Å²) in [5, 5.41) is 10.6. The van der Waals surface area contributed by atoms with E-state index in [1.54, 1.807) is 6.92 Å². The van der Waals surface area contributed by atoms with Gasteiger partial charge in [0.15, 0.2) is 5.41 Å². The topological polar surface area (TPSA) is 99.1 Å². The number of methoxy groups -OCH3 is 2. The molecule has 1 aliphatic carbocycles. The van der Waals surface area contributed by atoms with Gasteiger partial charge in [-0.1, -0.05) is 6.92 Å². The van der Waals surface area contributed by atoms with Gasteiger partial charge in [0.05, 0.1) is 14.2 Å². The van der Waals surface area contributed by atoms with Crippen LogP contribution in [0.5, 0.6) is 0 Å². The Morgan fingerprint density at radius 3 is 2.10 bits per heavy atom. The minimum atomic E-state index is -1.57. The highest BCUT2D eigenvalue weighted by Gasteiger charge is 2.57. The molecular formula is C14H22O7. The molecule has 21 heavy (non-hydrogen) atoms. The Morgan fingerprint density at radius 1 is 1.14 bits per heavy atom. The van der Waals surface area contributed by atoms with E-state index in [-0.39, 0.29) is 25.4 Å². The van der Waals surface area contributed by atoms with Crippen LogP contribution in [0.25, 0.3) is 0 Å². The molecule has 120 valence electrons. The van der Waals surface area contributed by atoms with Crippen molar-refractivity contribution in [1.82, 2.24) is 0 Å². The lowest BCUT2D eigenvalue weighted by Gasteiger charge is -2.43. The van der Waals surface area contributed by atoms with Crippen molar-refractivity contribution in [3.8, 4) is 0 Å². The Morgan fingerprint density at radius 2 is 1.67 bits per heavy atom. The number of hydrogen-bond acceptors (Lipinski definition) is 7. The van der Waals surface area contributed by atoms with Crippen molar-refractivity contribution < 1.29 is 33.7 Å². The summed E-state index contributed by atoms with van der Waals surface area (Å²) < 4.78 is 14.3. The van der Waals surface area contributed by atoms with Crippen LogP contribution >= 0.6 is 0 Å². The summed E-state index contributed by atoms with van der Waals surface area (Å²) in [4.78, 5) is 35.2. The van der Waals surface area contributed by atoms with Crippen LogP contribution in [0.15, 0.2) is 0 Å². The average Bonchev–Trinajstić information content (AvgIpc) is 2.42. The highest BCUT2D eigenvalue weighted by atomic mass is 16.6. The maximum absolute atomic E-state index is 12.1. The van der Waals surface area contributed by atoms with Crippen molar-refractivity contribution >= 4 is 17.9 Å². The van der Waals surface area contributed by atoms with Gasteiger partial charge in [-0.15, -0.1) is 0 Å². The van der Waals surface area contributed by atoms with Crippen LogP contribution in [0.4, 0.5) is 0 Å². The quantitative estimate of drug-likeness (QED) is 0.457. The second-order valence-corrected chi connectivity index (χ2v) is 5.76. The lowest BCUT2D eigenvalue weighted by atomic mass is 9.64. The highest BCUT2D eigenvalue weighted by molar-refractivity contribution is 6.00. The standard InChI is InChI=1S/C14H22O7/c1-9-5-13(18,8-21-10(2)15)7-14(6-9,11(16)19-3)12(17)20-4/h9,18H,5-8H2,1-4H3. The molecule has 0 amide bonds. The molecule has 1 aliphatic rings. The first kappa shape index (κ1) is 17.4. The monoisotopic (exact) mass is 302 g/mol. The predicted octanol–water partition coefficient (Wildman–Crippen LogP) is 0.433. The Labute approximate surface area is 123 Å². The van der Waals surface area contributed by atoms with Gasteiger partial charge in [0.25, 0.3) is 0 Å². The van der Waals surface area contributed by atoms with E-state index in [0.717, 1.165) is 0 Å². The van der Waals surface area contributed by atoms with Gasteiger partial charge in [0.1, 0.15) is 12.2 Å². The molecule has 0 aliphatic heterocycles. The van der Waals surface area contributed by atoms with Crippen LogP contribution in [0, 0.1) is 11.3 Å². The van der Waals surface area contributed by atoms with E-state index in [1.165, 1.54) is 21.1 Å². The first-order chi connectivity index (χ1) is 9.69. The zero-order valence-corrected chi connectivity index (χ0v) is 12.8. The number of carbonyl (C=O) groups excluding carboxylic acids is 3. The predicted molar refractivity (Wildman–Crippen MR) is 71.1 cm³/mol. The van der Waals surface area contributed by atoms with Crippen LogP contribution in [0.3, 0.4) is 0 Å². The minimum absolute atomic E-state index is 0.141. The van der Waals surface area contributed by atoms with Gasteiger partial charge in [-0.25, -0.2) is 0 Å². The van der Waals surface area contributed by atoms with Crippen molar-refractivity contribution in [3.63, 3.8) is 0 Å². The van der Waals surface area contributed by atoms with Crippen molar-refractivity contribution in [3.05, 3.63) is 0 Å². The number of ether oxygens (including phenoxy) is 3. The largest absolute Gasteiger partial charge is 0.468 e. The van der Waals surface area contributed by atoms with E-state index in [9.17, 15) is 19.5 Å². The molecule has 7 heteroatoms. The third-order valence-corrected chi connectivity index (χ3v) is 3.75. The summed E-state index contributed by atoms with van der Waals surface area (Å²) >= 11 is 0. The average molecular weight is 302 g/mol. The van der Waals surface area contributed by atoms with E-state index < -0.39 is 28.9 Å². The summed E-state index contributed by atoms with van der Waals surface area (Å²) in [6.07, 6.45) is 0.335. The number of aliphatic hydroxyl groups is 1. The maximum Gasteiger partial charge on any atom is 0.323 e. The molecule has 0 bridgehead atoms. The number of carbonyl (C=O) groups is 3. The lowest BCUT2D eigenvalue weighted by Crippen LogP contribution is -2.54. The molecule has 1 saturated carbocycles. The lowest BCUT2D eigenvalue weighted by molar-refractivity contribution is -0.187. The smallest absolute Gasteiger partial charge is 0.323 e. The van der Waals surface area contributed by atoms with E-state index in [2.05, 4.69) is 0 Å². The zero-order valence-electron chi connectivity index (χ0n) is 12.8. The number of esters is 3. The molecule has 0 saturated heterocycles. The van der Waals surface area contributed by atoms with Gasteiger partial charge in [-0.3, -0.25) is 14.4 Å². The third kappa shape index (κ3) is 3.72. The van der Waals surface area contributed by atoms with Crippen molar-refractivity contribution in [1.29, 1.82) is 0 Å². The van der Waals surface area contributed by atoms with Crippen LogP contribution in [-0.4, -0.2) is 49.4 Å². The SMILES string of the molecule is COC(=O)C1(C(=O)OC)CC(C)CC(O)(COC(C)=O)C1. The van der Waals surface area contributed by atoms with E-state index in [1.807, 2.05) is 0 Å². The van der Waals surface area contributed by atoms with Gasteiger partial charge >= 0.3 is 17.9 Å². The molecule has 1 fully saturated rings. The van der Waals surface area contributed by atoms with E-state index in [0.29, 0.717) is 6.42 Å². The maximum atomic E-state index is 12.1. The fourth-order valence-corrected chi connectivity index (χ4v) is 3.15. The number of hydrogen-bond donors (Lipinski definition) is 1. The van der Waals surface area contributed by atoms with Gasteiger partial charge in [0, 0.05) is 13.3 Å². The molecular weight excluding hydrogens is 280 g/mol. The van der Waals surface area contributed by atoms with Gasteiger partial charge < -0.3 is 19.3 Å². The molecule has 0 spiro atoms. The van der Waals surface area contributed by atoms with Gasteiger partial charge in [-0.05, 0) is 18.8 Å². The Hall–Kier alpha value is -1.63. The van der Waals surface area contributed by atoms with Crippen LogP contribution in [0.1, 0.15) is 33.1 Å². The Kier molecular flexibility index (Phi) is 5.33. The van der Waals surface area contributed by atoms with Gasteiger partial charge in [-0.2, -0.15) is 0 Å².